The Labute approximate surface area is 194 Å². The van der Waals surface area contributed by atoms with E-state index in [1.54, 1.807) is 11.0 Å². The molecule has 33 heavy (non-hydrogen) atoms. The number of alkyl carbamates (subject to hydrolysis) is 1. The molecule has 0 aromatic carbocycles. The van der Waals surface area contributed by atoms with Gasteiger partial charge in [-0.2, -0.15) is 4.98 Å². The molecule has 1 aliphatic heterocycles. The molecule has 1 saturated heterocycles. The first-order valence-corrected chi connectivity index (χ1v) is 11.5. The van der Waals surface area contributed by atoms with E-state index in [-0.39, 0.29) is 36.9 Å². The lowest BCUT2D eigenvalue weighted by atomic mass is 9.91. The topological polar surface area (TPSA) is 131 Å². The van der Waals surface area contributed by atoms with E-state index in [2.05, 4.69) is 37.5 Å². The molecule has 3 rings (SSSR count). The highest BCUT2D eigenvalue weighted by Gasteiger charge is 2.28. The highest BCUT2D eigenvalue weighted by molar-refractivity contribution is 5.68. The van der Waals surface area contributed by atoms with Crippen molar-refractivity contribution in [2.24, 2.45) is 0 Å². The van der Waals surface area contributed by atoms with Gasteiger partial charge in [0.25, 0.3) is 0 Å². The average Bonchev–Trinajstić information content (AvgIpc) is 3.21. The van der Waals surface area contributed by atoms with Gasteiger partial charge in [0, 0.05) is 31.2 Å². The van der Waals surface area contributed by atoms with Gasteiger partial charge in [0.1, 0.15) is 18.5 Å². The molecule has 0 spiro atoms. The van der Waals surface area contributed by atoms with E-state index in [4.69, 9.17) is 9.47 Å². The van der Waals surface area contributed by atoms with Crippen LogP contribution in [0.25, 0.3) is 0 Å². The van der Waals surface area contributed by atoms with Gasteiger partial charge in [-0.3, -0.25) is 0 Å². The average molecular weight is 462 g/mol. The van der Waals surface area contributed by atoms with Crippen molar-refractivity contribution in [1.29, 1.82) is 0 Å². The molecule has 1 aromatic heterocycles. The summed E-state index contributed by atoms with van der Waals surface area (Å²) in [6.07, 6.45) is 6.58. The Hall–Kier alpha value is -3.11. The molecule has 1 aliphatic carbocycles. The van der Waals surface area contributed by atoms with Crippen LogP contribution in [0.3, 0.4) is 0 Å². The Kier molecular flexibility index (Phi) is 8.29. The molecule has 2 amide bonds. The van der Waals surface area contributed by atoms with Crippen molar-refractivity contribution in [3.63, 3.8) is 0 Å². The Bertz CT molecular complexity index is 821. The van der Waals surface area contributed by atoms with Gasteiger partial charge in [-0.15, -0.1) is 0 Å². The van der Waals surface area contributed by atoms with E-state index in [1.807, 2.05) is 20.8 Å². The summed E-state index contributed by atoms with van der Waals surface area (Å²) in [4.78, 5) is 38.5. The molecule has 1 saturated carbocycles. The molecule has 182 valence electrons. The minimum absolute atomic E-state index is 0.0471. The molecule has 1 unspecified atom stereocenters. The molecule has 11 heteroatoms. The van der Waals surface area contributed by atoms with Crippen LogP contribution in [0.2, 0.25) is 0 Å². The van der Waals surface area contributed by atoms with Gasteiger partial charge < -0.3 is 30.3 Å². The number of ether oxygens (including phenoxy) is 2. The largest absolute Gasteiger partial charge is 0.445 e. The molecule has 1 aromatic rings. The maximum atomic E-state index is 12.0. The van der Waals surface area contributed by atoms with Crippen molar-refractivity contribution in [2.75, 3.05) is 30.3 Å². The SMILES string of the molecule is C=CCOC(=O)N1CCC(Nc2ncnc(NC3CCC(NC(=O)OC(C)(C)C)CC3)n2)C1. The van der Waals surface area contributed by atoms with Gasteiger partial charge >= 0.3 is 12.2 Å². The Morgan fingerprint density at radius 2 is 1.73 bits per heavy atom. The second-order valence-electron chi connectivity index (χ2n) is 9.41. The molecule has 2 fully saturated rings. The van der Waals surface area contributed by atoms with Gasteiger partial charge in [0.05, 0.1) is 0 Å². The Morgan fingerprint density at radius 1 is 1.09 bits per heavy atom. The Balaban J connectivity index is 1.42. The molecular weight excluding hydrogens is 426 g/mol. The number of hydrogen-bond donors (Lipinski definition) is 3. The summed E-state index contributed by atoms with van der Waals surface area (Å²) in [7, 11) is 0. The van der Waals surface area contributed by atoms with Crippen LogP contribution in [0.15, 0.2) is 19.0 Å². The first-order chi connectivity index (χ1) is 15.7. The van der Waals surface area contributed by atoms with Crippen molar-refractivity contribution >= 4 is 24.1 Å². The summed E-state index contributed by atoms with van der Waals surface area (Å²) >= 11 is 0. The number of nitrogens with zero attached hydrogens (tertiary/aromatic N) is 4. The second-order valence-corrected chi connectivity index (χ2v) is 9.41. The summed E-state index contributed by atoms with van der Waals surface area (Å²) in [5.41, 5.74) is -0.501. The molecular formula is C22H35N7O4. The van der Waals surface area contributed by atoms with E-state index >= 15 is 0 Å². The fourth-order valence-electron chi connectivity index (χ4n) is 3.92. The third-order valence-electron chi connectivity index (χ3n) is 5.46. The van der Waals surface area contributed by atoms with E-state index in [0.717, 1.165) is 32.1 Å². The minimum Gasteiger partial charge on any atom is -0.445 e. The van der Waals surface area contributed by atoms with Crippen LogP contribution in [0.4, 0.5) is 21.5 Å². The number of carbonyl (C=O) groups is 2. The van der Waals surface area contributed by atoms with Crippen molar-refractivity contribution in [3.05, 3.63) is 19.0 Å². The zero-order valence-electron chi connectivity index (χ0n) is 19.7. The Morgan fingerprint density at radius 3 is 2.36 bits per heavy atom. The number of carbonyl (C=O) groups excluding carboxylic acids is 2. The number of rotatable bonds is 7. The lowest BCUT2D eigenvalue weighted by molar-refractivity contribution is 0.0492. The first kappa shape index (κ1) is 24.5. The fourth-order valence-corrected chi connectivity index (χ4v) is 3.92. The summed E-state index contributed by atoms with van der Waals surface area (Å²) in [5.74, 6) is 0.982. The maximum Gasteiger partial charge on any atom is 0.410 e. The second kappa shape index (κ2) is 11.2. The smallest absolute Gasteiger partial charge is 0.410 e. The summed E-state index contributed by atoms with van der Waals surface area (Å²) in [6, 6.07) is 0.376. The van der Waals surface area contributed by atoms with E-state index in [1.165, 1.54) is 6.33 Å². The highest BCUT2D eigenvalue weighted by Crippen LogP contribution is 2.22. The third kappa shape index (κ3) is 8.07. The van der Waals surface area contributed by atoms with Crippen LogP contribution in [-0.2, 0) is 9.47 Å². The van der Waals surface area contributed by atoms with Gasteiger partial charge in [0.2, 0.25) is 11.9 Å². The predicted molar refractivity (Wildman–Crippen MR) is 124 cm³/mol. The number of nitrogens with one attached hydrogen (secondary N) is 3. The number of hydrogen-bond acceptors (Lipinski definition) is 9. The van der Waals surface area contributed by atoms with E-state index < -0.39 is 5.60 Å². The van der Waals surface area contributed by atoms with E-state index in [0.29, 0.717) is 25.0 Å². The fraction of sp³-hybridized carbons (Fsp3) is 0.682. The number of likely N-dealkylation sites (tertiary alicyclic amines) is 1. The molecule has 3 N–H and O–H groups in total. The summed E-state index contributed by atoms with van der Waals surface area (Å²) in [5, 5.41) is 9.59. The van der Waals surface area contributed by atoms with Gasteiger partial charge in [-0.1, -0.05) is 12.7 Å². The molecule has 0 bridgehead atoms. The number of anilines is 2. The zero-order valence-corrected chi connectivity index (χ0v) is 19.7. The highest BCUT2D eigenvalue weighted by atomic mass is 16.6. The normalized spacial score (nSPS) is 22.9. The van der Waals surface area contributed by atoms with Crippen LogP contribution < -0.4 is 16.0 Å². The first-order valence-electron chi connectivity index (χ1n) is 11.5. The number of amides is 2. The quantitative estimate of drug-likeness (QED) is 0.525. The van der Waals surface area contributed by atoms with Crippen LogP contribution in [0.5, 0.6) is 0 Å². The number of aromatic nitrogens is 3. The van der Waals surface area contributed by atoms with E-state index in [9.17, 15) is 9.59 Å². The van der Waals surface area contributed by atoms with Gasteiger partial charge in [-0.05, 0) is 52.9 Å². The monoisotopic (exact) mass is 461 g/mol. The molecule has 2 aliphatic rings. The molecule has 0 radical (unpaired) electrons. The standard InChI is InChI=1S/C22H35N7O4/c1-5-12-32-21(31)29-11-10-17(13-29)26-19-24-14-23-18(28-19)25-15-6-8-16(9-7-15)27-20(30)33-22(2,3)4/h5,14-17H,1,6-13H2,2-4H3,(H,27,30)(H2,23,24,25,26,28). The van der Waals surface area contributed by atoms with Crippen molar-refractivity contribution in [1.82, 2.24) is 25.2 Å². The van der Waals surface area contributed by atoms with Crippen LogP contribution in [0, 0.1) is 0 Å². The summed E-state index contributed by atoms with van der Waals surface area (Å²) in [6.45, 7) is 10.5. The molecule has 11 nitrogen and oxygen atoms in total. The van der Waals surface area contributed by atoms with Crippen LogP contribution >= 0.6 is 0 Å². The van der Waals surface area contributed by atoms with Crippen molar-refractivity contribution in [3.8, 4) is 0 Å². The lowest BCUT2D eigenvalue weighted by Crippen LogP contribution is -2.42. The molecule has 1 atom stereocenters. The van der Waals surface area contributed by atoms with Crippen molar-refractivity contribution < 1.29 is 19.1 Å². The lowest BCUT2D eigenvalue weighted by Gasteiger charge is -2.30. The van der Waals surface area contributed by atoms with Crippen LogP contribution in [0.1, 0.15) is 52.9 Å². The predicted octanol–water partition coefficient (Wildman–Crippen LogP) is 2.93. The van der Waals surface area contributed by atoms with Crippen LogP contribution in [-0.4, -0.2) is 75.5 Å². The minimum atomic E-state index is -0.501. The summed E-state index contributed by atoms with van der Waals surface area (Å²) < 4.78 is 10.4. The van der Waals surface area contributed by atoms with Gasteiger partial charge in [0.15, 0.2) is 0 Å². The maximum absolute atomic E-state index is 12.0. The van der Waals surface area contributed by atoms with Gasteiger partial charge in [-0.25, -0.2) is 19.6 Å². The third-order valence-corrected chi connectivity index (χ3v) is 5.46. The van der Waals surface area contributed by atoms with Crippen molar-refractivity contribution in [2.45, 2.75) is 76.6 Å². The molecule has 2 heterocycles. The zero-order chi connectivity index (χ0) is 23.8.